The van der Waals surface area contributed by atoms with Gasteiger partial charge < -0.3 is 15.3 Å². The molecule has 0 saturated heterocycles. The van der Waals surface area contributed by atoms with Gasteiger partial charge in [0.15, 0.2) is 0 Å². The number of aromatic carboxylic acids is 1. The molecule has 3 atom stereocenters. The van der Waals surface area contributed by atoms with Gasteiger partial charge in [-0.3, -0.25) is 4.79 Å². The molecule has 0 radical (unpaired) electrons. The summed E-state index contributed by atoms with van der Waals surface area (Å²) >= 11 is 6.06. The molecule has 6 nitrogen and oxygen atoms in total. The standard InChI is InChI=1S/C23H27ClN2O4/c1-3-26(30-19-7-4-6-18(24)14-19)21-9-5-8-20(21)22(27)25-15(2)16-10-12-17(13-11-16)23(28)29/h4,6-7,10-15,20-21H,3,5,8-9H2,1-2H3,(H,25,27)(H,28,29)/t15-,20?,21?/m0/s1. The summed E-state index contributed by atoms with van der Waals surface area (Å²) in [7, 11) is 0. The Kier molecular flexibility index (Phi) is 7.34. The molecule has 1 aliphatic rings. The Bertz CT molecular complexity index is 887. The van der Waals surface area contributed by atoms with Crippen LogP contribution in [-0.4, -0.2) is 34.6 Å². The van der Waals surface area contributed by atoms with Crippen molar-refractivity contribution in [1.29, 1.82) is 0 Å². The third kappa shape index (κ3) is 5.32. The summed E-state index contributed by atoms with van der Waals surface area (Å²) in [5.41, 5.74) is 1.09. The van der Waals surface area contributed by atoms with Crippen LogP contribution in [-0.2, 0) is 4.79 Å². The minimum atomic E-state index is -0.966. The number of nitrogens with zero attached hydrogens (tertiary/aromatic N) is 1. The summed E-state index contributed by atoms with van der Waals surface area (Å²) in [6.07, 6.45) is 2.64. The number of carbonyl (C=O) groups is 2. The number of rotatable bonds is 8. The fourth-order valence-corrected chi connectivity index (χ4v) is 4.12. The lowest BCUT2D eigenvalue weighted by Crippen LogP contribution is -2.46. The van der Waals surface area contributed by atoms with Crippen LogP contribution >= 0.6 is 11.6 Å². The van der Waals surface area contributed by atoms with Crippen LogP contribution in [0.4, 0.5) is 0 Å². The maximum Gasteiger partial charge on any atom is 0.335 e. The van der Waals surface area contributed by atoms with Crippen LogP contribution in [0.3, 0.4) is 0 Å². The highest BCUT2D eigenvalue weighted by molar-refractivity contribution is 6.30. The summed E-state index contributed by atoms with van der Waals surface area (Å²) in [5.74, 6) is -0.501. The average molecular weight is 431 g/mol. The number of nitrogens with one attached hydrogen (secondary N) is 1. The molecule has 0 spiro atoms. The van der Waals surface area contributed by atoms with E-state index < -0.39 is 5.97 Å². The second kappa shape index (κ2) is 9.96. The number of benzene rings is 2. The van der Waals surface area contributed by atoms with Crippen LogP contribution in [0.5, 0.6) is 5.75 Å². The number of hydrogen-bond acceptors (Lipinski definition) is 4. The maximum atomic E-state index is 13.0. The lowest BCUT2D eigenvalue weighted by molar-refractivity contribution is -0.137. The second-order valence-electron chi connectivity index (χ2n) is 7.54. The van der Waals surface area contributed by atoms with E-state index in [1.165, 1.54) is 0 Å². The van der Waals surface area contributed by atoms with E-state index in [0.717, 1.165) is 24.8 Å². The van der Waals surface area contributed by atoms with Gasteiger partial charge in [0.05, 0.1) is 23.6 Å². The highest BCUT2D eigenvalue weighted by atomic mass is 35.5. The van der Waals surface area contributed by atoms with Gasteiger partial charge in [-0.2, -0.15) is 0 Å². The van der Waals surface area contributed by atoms with Crippen molar-refractivity contribution in [3.8, 4) is 5.75 Å². The Labute approximate surface area is 181 Å². The SMILES string of the molecule is CCN(Oc1cccc(Cl)c1)C1CCCC1C(=O)N[C@@H](C)c1ccc(C(=O)O)cc1. The molecule has 0 bridgehead atoms. The molecule has 2 aromatic rings. The van der Waals surface area contributed by atoms with Crippen molar-refractivity contribution in [3.05, 3.63) is 64.7 Å². The summed E-state index contributed by atoms with van der Waals surface area (Å²) in [6, 6.07) is 13.6. The fraction of sp³-hybridized carbons (Fsp3) is 0.391. The fourth-order valence-electron chi connectivity index (χ4n) is 3.94. The van der Waals surface area contributed by atoms with Crippen molar-refractivity contribution >= 4 is 23.5 Å². The quantitative estimate of drug-likeness (QED) is 0.593. The predicted octanol–water partition coefficient (Wildman–Crippen LogP) is 4.70. The van der Waals surface area contributed by atoms with Crippen LogP contribution in [0, 0.1) is 5.92 Å². The third-order valence-corrected chi connectivity index (χ3v) is 5.77. The molecule has 0 aliphatic heterocycles. The first-order valence-electron chi connectivity index (χ1n) is 10.2. The van der Waals surface area contributed by atoms with Crippen molar-refractivity contribution in [2.24, 2.45) is 5.92 Å². The highest BCUT2D eigenvalue weighted by Gasteiger charge is 2.38. The van der Waals surface area contributed by atoms with Crippen LogP contribution in [0.1, 0.15) is 55.1 Å². The largest absolute Gasteiger partial charge is 0.478 e. The molecule has 0 aromatic heterocycles. The molecule has 0 heterocycles. The number of amides is 1. The van der Waals surface area contributed by atoms with E-state index in [1.807, 2.05) is 31.0 Å². The van der Waals surface area contributed by atoms with Crippen molar-refractivity contribution in [3.63, 3.8) is 0 Å². The molecule has 1 aliphatic carbocycles. The smallest absolute Gasteiger partial charge is 0.335 e. The van der Waals surface area contributed by atoms with Gasteiger partial charge in [0.2, 0.25) is 5.91 Å². The monoisotopic (exact) mass is 430 g/mol. The molecule has 2 N–H and O–H groups in total. The zero-order valence-electron chi connectivity index (χ0n) is 17.2. The maximum absolute atomic E-state index is 13.0. The van der Waals surface area contributed by atoms with E-state index in [2.05, 4.69) is 5.32 Å². The van der Waals surface area contributed by atoms with Gasteiger partial charge in [0.1, 0.15) is 5.75 Å². The number of hydroxylamine groups is 2. The first-order valence-corrected chi connectivity index (χ1v) is 10.6. The van der Waals surface area contributed by atoms with Crippen molar-refractivity contribution in [1.82, 2.24) is 10.4 Å². The number of carboxylic acids is 1. The number of carbonyl (C=O) groups excluding carboxylic acids is 1. The predicted molar refractivity (Wildman–Crippen MR) is 116 cm³/mol. The Balaban J connectivity index is 1.65. The molecular weight excluding hydrogens is 404 g/mol. The first kappa shape index (κ1) is 22.1. The lowest BCUT2D eigenvalue weighted by Gasteiger charge is -2.31. The van der Waals surface area contributed by atoms with Crippen LogP contribution in [0.15, 0.2) is 48.5 Å². The van der Waals surface area contributed by atoms with Gasteiger partial charge in [-0.05, 0) is 56.5 Å². The number of carboxylic acid groups (broad SMARTS) is 1. The molecule has 2 aromatic carbocycles. The molecule has 3 rings (SSSR count). The topological polar surface area (TPSA) is 78.9 Å². The summed E-state index contributed by atoms with van der Waals surface area (Å²) in [4.78, 5) is 30.1. The number of hydrogen-bond donors (Lipinski definition) is 2. The van der Waals surface area contributed by atoms with Gasteiger partial charge in [-0.15, -0.1) is 5.06 Å². The average Bonchev–Trinajstić information content (AvgIpc) is 3.22. The van der Waals surface area contributed by atoms with Gasteiger partial charge in [0, 0.05) is 17.6 Å². The highest BCUT2D eigenvalue weighted by Crippen LogP contribution is 2.32. The molecule has 1 saturated carbocycles. The van der Waals surface area contributed by atoms with Crippen LogP contribution in [0.2, 0.25) is 5.02 Å². The Morgan fingerprint density at radius 3 is 2.60 bits per heavy atom. The first-order chi connectivity index (χ1) is 14.4. The van der Waals surface area contributed by atoms with Gasteiger partial charge in [0.25, 0.3) is 0 Å². The number of halogens is 1. The van der Waals surface area contributed by atoms with Gasteiger partial charge in [-0.25, -0.2) is 4.79 Å². The van der Waals surface area contributed by atoms with Gasteiger partial charge in [-0.1, -0.05) is 36.2 Å². The Morgan fingerprint density at radius 1 is 1.23 bits per heavy atom. The second-order valence-corrected chi connectivity index (χ2v) is 7.98. The van der Waals surface area contributed by atoms with E-state index >= 15 is 0 Å². The summed E-state index contributed by atoms with van der Waals surface area (Å²) < 4.78 is 0. The summed E-state index contributed by atoms with van der Waals surface area (Å²) in [5, 5.41) is 14.6. The molecule has 1 fully saturated rings. The minimum Gasteiger partial charge on any atom is -0.478 e. The van der Waals surface area contributed by atoms with Crippen molar-refractivity contribution < 1.29 is 19.5 Å². The van der Waals surface area contributed by atoms with Crippen LogP contribution < -0.4 is 10.2 Å². The minimum absolute atomic E-state index is 0.0135. The van der Waals surface area contributed by atoms with E-state index in [9.17, 15) is 9.59 Å². The molecule has 160 valence electrons. The molecule has 1 amide bonds. The third-order valence-electron chi connectivity index (χ3n) is 5.53. The van der Waals surface area contributed by atoms with E-state index in [0.29, 0.717) is 17.3 Å². The zero-order chi connectivity index (χ0) is 21.7. The van der Waals surface area contributed by atoms with Crippen LogP contribution in [0.25, 0.3) is 0 Å². The summed E-state index contributed by atoms with van der Waals surface area (Å²) in [6.45, 7) is 4.55. The van der Waals surface area contributed by atoms with E-state index in [1.54, 1.807) is 36.4 Å². The lowest BCUT2D eigenvalue weighted by atomic mass is 10.00. The van der Waals surface area contributed by atoms with E-state index in [4.69, 9.17) is 21.5 Å². The van der Waals surface area contributed by atoms with Crippen molar-refractivity contribution in [2.45, 2.75) is 45.2 Å². The molecule has 7 heteroatoms. The zero-order valence-corrected chi connectivity index (χ0v) is 17.9. The molecule has 30 heavy (non-hydrogen) atoms. The van der Waals surface area contributed by atoms with Crippen molar-refractivity contribution in [2.75, 3.05) is 6.54 Å². The normalized spacial score (nSPS) is 19.5. The van der Waals surface area contributed by atoms with E-state index in [-0.39, 0.29) is 29.5 Å². The Hall–Kier alpha value is -2.57. The van der Waals surface area contributed by atoms with Gasteiger partial charge >= 0.3 is 5.97 Å². The Morgan fingerprint density at radius 2 is 1.97 bits per heavy atom. The molecule has 2 unspecified atom stereocenters. The molecular formula is C23H27ClN2O4.